The second-order valence-corrected chi connectivity index (χ2v) is 8.44. The van der Waals surface area contributed by atoms with Crippen LogP contribution in [0.2, 0.25) is 5.02 Å². The van der Waals surface area contributed by atoms with Gasteiger partial charge in [0.05, 0.1) is 7.11 Å². The molecule has 0 saturated carbocycles. The van der Waals surface area contributed by atoms with Gasteiger partial charge in [-0.15, -0.1) is 0 Å². The van der Waals surface area contributed by atoms with Crippen molar-refractivity contribution >= 4 is 44.0 Å². The smallest absolute Gasteiger partial charge is 0.211 e. The molecule has 4 aromatic rings. The molecule has 7 heteroatoms. The van der Waals surface area contributed by atoms with Crippen LogP contribution in [-0.2, 0) is 6.42 Å². The molecule has 0 aliphatic carbocycles. The molecular formula is C24H19ClN4OS. The summed E-state index contributed by atoms with van der Waals surface area (Å²) >= 11 is 7.53. The maximum Gasteiger partial charge on any atom is 0.211 e. The molecule has 2 aromatic heterocycles. The van der Waals surface area contributed by atoms with E-state index in [1.165, 1.54) is 5.56 Å². The summed E-state index contributed by atoms with van der Waals surface area (Å²) in [6.45, 7) is 0. The monoisotopic (exact) mass is 446 g/mol. The molecule has 31 heavy (non-hydrogen) atoms. The summed E-state index contributed by atoms with van der Waals surface area (Å²) in [5.74, 6) is 0.832. The number of anilines is 1. The predicted octanol–water partition coefficient (Wildman–Crippen LogP) is 5.82. The molecule has 5 nitrogen and oxygen atoms in total. The Kier molecular flexibility index (Phi) is 5.32. The third kappa shape index (κ3) is 4.13. The molecule has 0 saturated heterocycles. The first kappa shape index (κ1) is 19.6. The molecule has 0 fully saturated rings. The lowest BCUT2D eigenvalue weighted by Gasteiger charge is -2.22. The van der Waals surface area contributed by atoms with Crippen LogP contribution in [0.4, 0.5) is 5.13 Å². The number of rotatable bonds is 5. The highest BCUT2D eigenvalue weighted by molar-refractivity contribution is 7.21. The number of allylic oxidation sites excluding steroid dienone is 2. The number of ether oxygens (including phenoxy) is 1. The molecule has 3 heterocycles. The first-order valence-corrected chi connectivity index (χ1v) is 11.0. The Morgan fingerprint density at radius 3 is 2.71 bits per heavy atom. The Morgan fingerprint density at radius 1 is 1.03 bits per heavy atom. The molecule has 1 N–H and O–H groups in total. The van der Waals surface area contributed by atoms with Crippen LogP contribution in [0.3, 0.4) is 0 Å². The standard InChI is InChI=1S/C24H19ClN4OS/c1-30-22-5-3-2-4-20(22)17-12-13-26-29(15-17)24-28-21-11-10-19(27-23(21)31-24)14-16-6-8-18(25)9-7-16/h2-13,15,26H,14H2,1H3. The Morgan fingerprint density at radius 2 is 1.87 bits per heavy atom. The largest absolute Gasteiger partial charge is 0.496 e. The Labute approximate surface area is 189 Å². The lowest BCUT2D eigenvalue weighted by Crippen LogP contribution is -2.30. The van der Waals surface area contributed by atoms with Crippen LogP contribution in [0, 0.1) is 0 Å². The van der Waals surface area contributed by atoms with Gasteiger partial charge in [0.1, 0.15) is 16.1 Å². The number of hydrazine groups is 1. The zero-order valence-electron chi connectivity index (χ0n) is 16.7. The average molecular weight is 447 g/mol. The van der Waals surface area contributed by atoms with Crippen LogP contribution in [0.1, 0.15) is 16.8 Å². The van der Waals surface area contributed by atoms with Gasteiger partial charge in [0.15, 0.2) is 0 Å². The highest BCUT2D eigenvalue weighted by Gasteiger charge is 2.16. The van der Waals surface area contributed by atoms with Crippen molar-refractivity contribution in [1.29, 1.82) is 0 Å². The van der Waals surface area contributed by atoms with Gasteiger partial charge in [-0.1, -0.05) is 53.3 Å². The van der Waals surface area contributed by atoms with E-state index in [1.54, 1.807) is 18.4 Å². The predicted molar refractivity (Wildman–Crippen MR) is 127 cm³/mol. The Bertz CT molecular complexity index is 1300. The number of aromatic nitrogens is 2. The average Bonchev–Trinajstić information content (AvgIpc) is 3.24. The molecule has 0 bridgehead atoms. The van der Waals surface area contributed by atoms with Crippen molar-refractivity contribution in [2.75, 3.05) is 12.1 Å². The summed E-state index contributed by atoms with van der Waals surface area (Å²) in [7, 11) is 1.68. The van der Waals surface area contributed by atoms with E-state index in [9.17, 15) is 0 Å². The first-order chi connectivity index (χ1) is 15.2. The van der Waals surface area contributed by atoms with E-state index in [-0.39, 0.29) is 0 Å². The summed E-state index contributed by atoms with van der Waals surface area (Å²) in [6.07, 6.45) is 6.68. The Hall–Kier alpha value is -3.35. The van der Waals surface area contributed by atoms with Gasteiger partial charge >= 0.3 is 0 Å². The highest BCUT2D eigenvalue weighted by Crippen LogP contribution is 2.32. The van der Waals surface area contributed by atoms with Crippen molar-refractivity contribution in [3.05, 3.63) is 101 Å². The molecule has 0 radical (unpaired) electrons. The van der Waals surface area contributed by atoms with Crippen LogP contribution in [0.25, 0.3) is 15.9 Å². The fraction of sp³-hybridized carbons (Fsp3) is 0.0833. The van der Waals surface area contributed by atoms with Crippen molar-refractivity contribution < 1.29 is 4.74 Å². The fourth-order valence-corrected chi connectivity index (χ4v) is 4.46. The second-order valence-electron chi connectivity index (χ2n) is 7.04. The molecule has 1 aliphatic rings. The van der Waals surface area contributed by atoms with E-state index < -0.39 is 0 Å². The summed E-state index contributed by atoms with van der Waals surface area (Å²) < 4.78 is 5.51. The third-order valence-electron chi connectivity index (χ3n) is 4.97. The van der Waals surface area contributed by atoms with Crippen molar-refractivity contribution in [1.82, 2.24) is 15.4 Å². The van der Waals surface area contributed by atoms with Gasteiger partial charge in [-0.05, 0) is 42.0 Å². The lowest BCUT2D eigenvalue weighted by molar-refractivity contribution is 0.413. The first-order valence-electron chi connectivity index (χ1n) is 9.78. The van der Waals surface area contributed by atoms with Crippen LogP contribution in [-0.4, -0.2) is 17.1 Å². The molecular weight excluding hydrogens is 428 g/mol. The van der Waals surface area contributed by atoms with Crippen molar-refractivity contribution in [2.24, 2.45) is 0 Å². The number of fused-ring (bicyclic) bond motifs is 1. The number of para-hydroxylation sites is 1. The van der Waals surface area contributed by atoms with E-state index in [0.29, 0.717) is 0 Å². The van der Waals surface area contributed by atoms with Gasteiger partial charge in [0.25, 0.3) is 0 Å². The van der Waals surface area contributed by atoms with Crippen molar-refractivity contribution in [3.63, 3.8) is 0 Å². The lowest BCUT2D eigenvalue weighted by atomic mass is 10.1. The van der Waals surface area contributed by atoms with Crippen LogP contribution >= 0.6 is 22.9 Å². The van der Waals surface area contributed by atoms with Gasteiger partial charge in [-0.25, -0.2) is 15.0 Å². The summed E-state index contributed by atoms with van der Waals surface area (Å²) in [5.41, 5.74) is 8.35. The number of methoxy groups -OCH3 is 1. The van der Waals surface area contributed by atoms with Crippen LogP contribution in [0.15, 0.2) is 79.1 Å². The normalized spacial score (nSPS) is 13.2. The zero-order chi connectivity index (χ0) is 21.2. The Balaban J connectivity index is 1.43. The minimum atomic E-state index is 0.739. The van der Waals surface area contributed by atoms with Gasteiger partial charge < -0.3 is 4.74 Å². The maximum atomic E-state index is 5.99. The van der Waals surface area contributed by atoms with Crippen LogP contribution in [0.5, 0.6) is 5.75 Å². The fourth-order valence-electron chi connectivity index (χ4n) is 3.44. The summed E-state index contributed by atoms with van der Waals surface area (Å²) in [6, 6.07) is 19.9. The number of hydrogen-bond acceptors (Lipinski definition) is 6. The zero-order valence-corrected chi connectivity index (χ0v) is 18.3. The molecule has 0 amide bonds. The van der Waals surface area contributed by atoms with Crippen LogP contribution < -0.4 is 15.2 Å². The van der Waals surface area contributed by atoms with E-state index in [0.717, 1.165) is 49.5 Å². The van der Waals surface area contributed by atoms with Gasteiger partial charge in [0.2, 0.25) is 5.13 Å². The van der Waals surface area contributed by atoms with Gasteiger partial charge in [0, 0.05) is 40.7 Å². The quantitative estimate of drug-likeness (QED) is 0.418. The van der Waals surface area contributed by atoms with E-state index in [4.69, 9.17) is 26.3 Å². The van der Waals surface area contributed by atoms with Crippen molar-refractivity contribution in [2.45, 2.75) is 6.42 Å². The topological polar surface area (TPSA) is 50.3 Å². The number of hydrogen-bond donors (Lipinski definition) is 1. The van der Waals surface area contributed by atoms with E-state index >= 15 is 0 Å². The number of nitrogens with one attached hydrogen (secondary N) is 1. The number of nitrogens with zero attached hydrogens (tertiary/aromatic N) is 3. The third-order valence-corrected chi connectivity index (χ3v) is 6.19. The molecule has 1 aliphatic heterocycles. The molecule has 154 valence electrons. The summed E-state index contributed by atoms with van der Waals surface area (Å²) in [5, 5.41) is 3.47. The molecule has 0 unspecified atom stereocenters. The molecule has 0 spiro atoms. The number of pyridine rings is 1. The summed E-state index contributed by atoms with van der Waals surface area (Å²) in [4.78, 5) is 10.5. The minimum absolute atomic E-state index is 0.739. The second kappa shape index (κ2) is 8.41. The number of thiazole rings is 1. The number of halogens is 1. The SMILES string of the molecule is COc1ccccc1C1=CN(c2nc3ccc(Cc4ccc(Cl)cc4)nc3s2)NC=C1. The van der Waals surface area contributed by atoms with Crippen molar-refractivity contribution in [3.8, 4) is 5.75 Å². The molecule has 5 rings (SSSR count). The van der Waals surface area contributed by atoms with E-state index in [2.05, 4.69) is 5.43 Å². The highest BCUT2D eigenvalue weighted by atomic mass is 35.5. The number of benzene rings is 2. The van der Waals surface area contributed by atoms with Gasteiger partial charge in [-0.2, -0.15) is 0 Å². The molecule has 2 aromatic carbocycles. The van der Waals surface area contributed by atoms with Gasteiger partial charge in [-0.3, -0.25) is 5.43 Å². The molecule has 0 atom stereocenters. The maximum absolute atomic E-state index is 5.99. The van der Waals surface area contributed by atoms with E-state index in [1.807, 2.05) is 84.1 Å². The minimum Gasteiger partial charge on any atom is -0.496 e.